The number of aromatic nitrogens is 1. The van der Waals surface area contributed by atoms with E-state index in [0.717, 1.165) is 55.6 Å². The van der Waals surface area contributed by atoms with Gasteiger partial charge in [0.05, 0.1) is 6.54 Å². The number of aliphatic imine (C=N–C) groups is 1. The molecular formula is C21H28Cl2N6. The van der Waals surface area contributed by atoms with E-state index < -0.39 is 0 Å². The van der Waals surface area contributed by atoms with Crippen molar-refractivity contribution in [3.63, 3.8) is 0 Å². The first-order valence-electron chi connectivity index (χ1n) is 9.89. The van der Waals surface area contributed by atoms with Crippen molar-refractivity contribution >= 4 is 35.0 Å². The average Bonchev–Trinajstić information content (AvgIpc) is 2.72. The molecule has 3 rings (SSSR count). The van der Waals surface area contributed by atoms with Crippen LogP contribution in [-0.2, 0) is 13.1 Å². The summed E-state index contributed by atoms with van der Waals surface area (Å²) < 4.78 is 0. The second-order valence-electron chi connectivity index (χ2n) is 7.10. The van der Waals surface area contributed by atoms with Crippen LogP contribution in [0.25, 0.3) is 0 Å². The number of guanidine groups is 1. The van der Waals surface area contributed by atoms with Gasteiger partial charge in [-0.2, -0.15) is 0 Å². The molecule has 0 aliphatic carbocycles. The van der Waals surface area contributed by atoms with Crippen LogP contribution in [0.4, 0.5) is 5.82 Å². The molecule has 2 N–H and O–H groups in total. The monoisotopic (exact) mass is 434 g/mol. The molecule has 2 heterocycles. The van der Waals surface area contributed by atoms with Crippen molar-refractivity contribution in [1.82, 2.24) is 20.5 Å². The van der Waals surface area contributed by atoms with E-state index in [9.17, 15) is 0 Å². The Kier molecular flexibility index (Phi) is 7.98. The van der Waals surface area contributed by atoms with E-state index in [4.69, 9.17) is 23.2 Å². The Morgan fingerprint density at radius 3 is 2.55 bits per heavy atom. The summed E-state index contributed by atoms with van der Waals surface area (Å²) in [5.74, 6) is 1.77. The number of pyridine rings is 1. The molecule has 0 saturated carbocycles. The summed E-state index contributed by atoms with van der Waals surface area (Å²) in [4.78, 5) is 14.0. The fourth-order valence-corrected chi connectivity index (χ4v) is 3.56. The Morgan fingerprint density at radius 2 is 1.90 bits per heavy atom. The number of piperazine rings is 1. The highest BCUT2D eigenvalue weighted by Crippen LogP contribution is 2.20. The first-order chi connectivity index (χ1) is 14.0. The number of nitrogens with zero attached hydrogens (tertiary/aromatic N) is 4. The summed E-state index contributed by atoms with van der Waals surface area (Å²) >= 11 is 12.2. The summed E-state index contributed by atoms with van der Waals surface area (Å²) in [5, 5.41) is 7.84. The smallest absolute Gasteiger partial charge is 0.191 e. The molecule has 0 radical (unpaired) electrons. The number of likely N-dealkylation sites (N-methyl/N-ethyl adjacent to an activating group) is 1. The van der Waals surface area contributed by atoms with Crippen LogP contribution in [0.15, 0.2) is 41.5 Å². The lowest BCUT2D eigenvalue weighted by Gasteiger charge is -2.33. The number of nitrogens with one attached hydrogen (secondary N) is 2. The van der Waals surface area contributed by atoms with Gasteiger partial charge >= 0.3 is 0 Å². The summed E-state index contributed by atoms with van der Waals surface area (Å²) in [5.41, 5.74) is 2.05. The maximum atomic E-state index is 6.25. The van der Waals surface area contributed by atoms with E-state index in [1.54, 1.807) is 6.07 Å². The zero-order chi connectivity index (χ0) is 20.6. The fourth-order valence-electron chi connectivity index (χ4n) is 3.09. The Balaban J connectivity index is 1.57. The third-order valence-electron chi connectivity index (χ3n) is 4.86. The lowest BCUT2D eigenvalue weighted by Crippen LogP contribution is -2.44. The van der Waals surface area contributed by atoms with Crippen molar-refractivity contribution in [3.8, 4) is 0 Å². The average molecular weight is 435 g/mol. The molecule has 0 bridgehead atoms. The number of hydrogen-bond acceptors (Lipinski definition) is 4. The second kappa shape index (κ2) is 10.7. The van der Waals surface area contributed by atoms with Gasteiger partial charge in [0, 0.05) is 55.5 Å². The van der Waals surface area contributed by atoms with E-state index in [-0.39, 0.29) is 0 Å². The maximum Gasteiger partial charge on any atom is 0.191 e. The van der Waals surface area contributed by atoms with Crippen LogP contribution < -0.4 is 15.5 Å². The molecule has 1 aliphatic heterocycles. The molecular weight excluding hydrogens is 407 g/mol. The standard InChI is InChI=1S/C21H28Cl2N6/c1-3-24-21(27-15-17-5-6-18(22)12-19(17)23)26-14-16-4-7-20(25-13-16)29-10-8-28(2)9-11-29/h4-7,12-13H,3,8-11,14-15H2,1-2H3,(H2,24,26,27). The molecule has 1 aliphatic rings. The summed E-state index contributed by atoms with van der Waals surface area (Å²) in [6.45, 7) is 8.12. The molecule has 1 fully saturated rings. The van der Waals surface area contributed by atoms with Crippen LogP contribution in [-0.4, -0.2) is 55.6 Å². The van der Waals surface area contributed by atoms with Gasteiger partial charge in [-0.3, -0.25) is 0 Å². The van der Waals surface area contributed by atoms with Gasteiger partial charge < -0.3 is 20.4 Å². The molecule has 1 aromatic heterocycles. The zero-order valence-electron chi connectivity index (χ0n) is 17.0. The minimum absolute atomic E-state index is 0.555. The lowest BCUT2D eigenvalue weighted by atomic mass is 10.2. The minimum atomic E-state index is 0.555. The van der Waals surface area contributed by atoms with Crippen molar-refractivity contribution in [2.45, 2.75) is 20.0 Å². The van der Waals surface area contributed by atoms with Crippen molar-refractivity contribution in [1.29, 1.82) is 0 Å². The molecule has 0 unspecified atom stereocenters. The molecule has 29 heavy (non-hydrogen) atoms. The van der Waals surface area contributed by atoms with Crippen LogP contribution in [0.2, 0.25) is 10.0 Å². The molecule has 0 amide bonds. The molecule has 1 aromatic carbocycles. The predicted octanol–water partition coefficient (Wildman–Crippen LogP) is 3.40. The quantitative estimate of drug-likeness (QED) is 0.538. The van der Waals surface area contributed by atoms with E-state index in [1.165, 1.54) is 0 Å². The molecule has 2 aromatic rings. The Labute approximate surface area is 182 Å². The van der Waals surface area contributed by atoms with Gasteiger partial charge in [-0.25, -0.2) is 9.98 Å². The highest BCUT2D eigenvalue weighted by atomic mass is 35.5. The molecule has 0 atom stereocenters. The predicted molar refractivity (Wildman–Crippen MR) is 122 cm³/mol. The van der Waals surface area contributed by atoms with Crippen molar-refractivity contribution in [2.75, 3.05) is 44.7 Å². The molecule has 156 valence electrons. The highest BCUT2D eigenvalue weighted by molar-refractivity contribution is 6.35. The number of halogens is 2. The van der Waals surface area contributed by atoms with Gasteiger partial charge in [-0.05, 0) is 43.3 Å². The normalized spacial score (nSPS) is 15.4. The van der Waals surface area contributed by atoms with Crippen LogP contribution in [0.5, 0.6) is 0 Å². The van der Waals surface area contributed by atoms with Crippen LogP contribution in [0, 0.1) is 0 Å². The summed E-state index contributed by atoms with van der Waals surface area (Å²) in [6.07, 6.45) is 1.91. The largest absolute Gasteiger partial charge is 0.357 e. The van der Waals surface area contributed by atoms with Crippen molar-refractivity contribution < 1.29 is 0 Å². The first kappa shape index (κ1) is 21.7. The number of anilines is 1. The van der Waals surface area contributed by atoms with E-state index in [0.29, 0.717) is 23.1 Å². The number of benzene rings is 1. The molecule has 0 spiro atoms. The lowest BCUT2D eigenvalue weighted by molar-refractivity contribution is 0.312. The van der Waals surface area contributed by atoms with Crippen LogP contribution >= 0.6 is 23.2 Å². The Bertz CT molecular complexity index is 816. The fraction of sp³-hybridized carbons (Fsp3) is 0.429. The molecule has 1 saturated heterocycles. The Morgan fingerprint density at radius 1 is 1.10 bits per heavy atom. The van der Waals surface area contributed by atoms with Crippen molar-refractivity contribution in [2.24, 2.45) is 4.99 Å². The topological polar surface area (TPSA) is 55.8 Å². The summed E-state index contributed by atoms with van der Waals surface area (Å²) in [7, 11) is 2.16. The first-order valence-corrected chi connectivity index (χ1v) is 10.6. The van der Waals surface area contributed by atoms with Gasteiger partial charge in [-0.1, -0.05) is 35.3 Å². The van der Waals surface area contributed by atoms with Gasteiger partial charge in [0.15, 0.2) is 5.96 Å². The van der Waals surface area contributed by atoms with Crippen molar-refractivity contribution in [3.05, 3.63) is 57.7 Å². The van der Waals surface area contributed by atoms with E-state index >= 15 is 0 Å². The van der Waals surface area contributed by atoms with Crippen LogP contribution in [0.1, 0.15) is 18.1 Å². The van der Waals surface area contributed by atoms with E-state index in [2.05, 4.69) is 49.6 Å². The third-order valence-corrected chi connectivity index (χ3v) is 5.45. The second-order valence-corrected chi connectivity index (χ2v) is 7.94. The number of rotatable bonds is 6. The van der Waals surface area contributed by atoms with Crippen LogP contribution in [0.3, 0.4) is 0 Å². The van der Waals surface area contributed by atoms with E-state index in [1.807, 2.05) is 25.3 Å². The molecule has 6 nitrogen and oxygen atoms in total. The van der Waals surface area contributed by atoms with Gasteiger partial charge in [0.2, 0.25) is 0 Å². The minimum Gasteiger partial charge on any atom is -0.357 e. The van der Waals surface area contributed by atoms with Gasteiger partial charge in [-0.15, -0.1) is 0 Å². The summed E-state index contributed by atoms with van der Waals surface area (Å²) in [6, 6.07) is 9.69. The Hall–Kier alpha value is -2.02. The molecule has 8 heteroatoms. The number of hydrogen-bond donors (Lipinski definition) is 2. The maximum absolute atomic E-state index is 6.25. The SMILES string of the molecule is CCNC(=NCc1ccc(N2CCN(C)CC2)nc1)NCc1ccc(Cl)cc1Cl. The highest BCUT2D eigenvalue weighted by Gasteiger charge is 2.14. The van der Waals surface area contributed by atoms with Gasteiger partial charge in [0.1, 0.15) is 5.82 Å². The third kappa shape index (κ3) is 6.49. The van der Waals surface area contributed by atoms with Gasteiger partial charge in [0.25, 0.3) is 0 Å². The zero-order valence-corrected chi connectivity index (χ0v) is 18.5.